The van der Waals surface area contributed by atoms with Crippen molar-refractivity contribution in [1.29, 1.82) is 0 Å². The molecule has 0 radical (unpaired) electrons. The molecule has 36 heavy (non-hydrogen) atoms. The number of rotatable bonds is 6. The normalized spacial score (nSPS) is 44.4. The molecule has 0 unspecified atom stereocenters. The number of hydrogen-bond acceptors (Lipinski definition) is 7. The first-order valence-corrected chi connectivity index (χ1v) is 14.0. The maximum Gasteiger partial charge on any atom is 0.305 e. The molecule has 7 heteroatoms. The Bertz CT molecular complexity index is 857. The Hall–Kier alpha value is -1.63. The van der Waals surface area contributed by atoms with Crippen LogP contribution < -0.4 is 0 Å². The average Bonchev–Trinajstić information content (AvgIpc) is 3.16. The van der Waals surface area contributed by atoms with Gasteiger partial charge < -0.3 is 19.3 Å². The van der Waals surface area contributed by atoms with E-state index in [2.05, 4.69) is 20.8 Å². The number of fused-ring (bicyclic) bond motifs is 5. The summed E-state index contributed by atoms with van der Waals surface area (Å²) in [5, 5.41) is 11.8. The van der Waals surface area contributed by atoms with Crippen LogP contribution in [0, 0.1) is 46.3 Å². The average molecular weight is 507 g/mol. The third-order valence-electron chi connectivity index (χ3n) is 11.2. The van der Waals surface area contributed by atoms with Crippen LogP contribution in [0.15, 0.2) is 0 Å². The minimum atomic E-state index is -0.434. The molecule has 4 rings (SSSR count). The molecule has 7 nitrogen and oxygen atoms in total. The van der Waals surface area contributed by atoms with Crippen LogP contribution in [0.1, 0.15) is 92.4 Å². The molecule has 4 fully saturated rings. The first kappa shape index (κ1) is 27.4. The lowest BCUT2D eigenvalue weighted by atomic mass is 9.43. The first-order chi connectivity index (χ1) is 16.9. The molecule has 204 valence electrons. The monoisotopic (exact) mass is 506 g/mol. The van der Waals surface area contributed by atoms with E-state index < -0.39 is 6.10 Å². The van der Waals surface area contributed by atoms with E-state index in [0.29, 0.717) is 24.7 Å². The summed E-state index contributed by atoms with van der Waals surface area (Å²) < 4.78 is 16.5. The van der Waals surface area contributed by atoms with Crippen molar-refractivity contribution in [3.63, 3.8) is 0 Å². The number of aliphatic hydroxyl groups excluding tert-OH is 1. The Morgan fingerprint density at radius 1 is 0.972 bits per heavy atom. The zero-order valence-corrected chi connectivity index (χ0v) is 23.0. The zero-order chi connectivity index (χ0) is 26.4. The topological polar surface area (TPSA) is 99.1 Å². The van der Waals surface area contributed by atoms with Gasteiger partial charge in [-0.2, -0.15) is 0 Å². The van der Waals surface area contributed by atoms with Gasteiger partial charge in [0.1, 0.15) is 12.2 Å². The molecule has 0 heterocycles. The molecule has 0 aliphatic heterocycles. The number of carbonyl (C=O) groups excluding carboxylic acids is 3. The van der Waals surface area contributed by atoms with Gasteiger partial charge in [0.15, 0.2) is 0 Å². The number of hydrogen-bond donors (Lipinski definition) is 1. The number of carbonyl (C=O) groups is 3. The maximum absolute atomic E-state index is 12.2. The molecule has 0 saturated heterocycles. The van der Waals surface area contributed by atoms with Crippen molar-refractivity contribution in [2.75, 3.05) is 7.11 Å². The fraction of sp³-hybridized carbons (Fsp3) is 0.897. The van der Waals surface area contributed by atoms with Crippen LogP contribution in [0.25, 0.3) is 0 Å². The summed E-state index contributed by atoms with van der Waals surface area (Å²) in [5.74, 6) is 0.965. The lowest BCUT2D eigenvalue weighted by molar-refractivity contribution is -0.218. The molecule has 4 saturated carbocycles. The Balaban J connectivity index is 1.62. The minimum Gasteiger partial charge on any atom is -0.469 e. The standard InChI is InChI=1S/C29H46O7/c1-16(7-10-26(33)34-6)21-8-9-22-27-23(15-25(32)29(21,22)5)28(4)12-11-20(35-17(2)30)13-19(28)14-24(27)36-18(3)31/h16,19-25,27,32H,7-15H2,1-6H3/t16-,19-,20+,21+,22-,23+,24+,25-,27+,28-,29+/m0/s1. The number of ether oxygens (including phenoxy) is 3. The summed E-state index contributed by atoms with van der Waals surface area (Å²) in [7, 11) is 1.43. The van der Waals surface area contributed by atoms with Gasteiger partial charge in [-0.15, -0.1) is 0 Å². The predicted molar refractivity (Wildman–Crippen MR) is 134 cm³/mol. The highest BCUT2D eigenvalue weighted by atomic mass is 16.5. The van der Waals surface area contributed by atoms with Gasteiger partial charge in [-0.05, 0) is 91.8 Å². The lowest BCUT2D eigenvalue weighted by Gasteiger charge is -2.64. The van der Waals surface area contributed by atoms with Crippen LogP contribution in [0.5, 0.6) is 0 Å². The summed E-state index contributed by atoms with van der Waals surface area (Å²) in [6.45, 7) is 9.78. The summed E-state index contributed by atoms with van der Waals surface area (Å²) >= 11 is 0. The lowest BCUT2D eigenvalue weighted by Crippen LogP contribution is -2.63. The Labute approximate surface area is 216 Å². The van der Waals surface area contributed by atoms with Gasteiger partial charge in [0.2, 0.25) is 0 Å². The van der Waals surface area contributed by atoms with Gasteiger partial charge in [-0.3, -0.25) is 14.4 Å². The molecule has 0 bridgehead atoms. The van der Waals surface area contributed by atoms with E-state index in [0.717, 1.165) is 44.9 Å². The van der Waals surface area contributed by atoms with E-state index in [1.807, 2.05) is 0 Å². The smallest absolute Gasteiger partial charge is 0.305 e. The van der Waals surface area contributed by atoms with E-state index in [1.165, 1.54) is 21.0 Å². The number of methoxy groups -OCH3 is 1. The highest BCUT2D eigenvalue weighted by Gasteiger charge is 2.66. The largest absolute Gasteiger partial charge is 0.469 e. The van der Waals surface area contributed by atoms with Crippen LogP contribution in [0.2, 0.25) is 0 Å². The molecule has 0 aromatic heterocycles. The molecule has 11 atom stereocenters. The van der Waals surface area contributed by atoms with Crippen molar-refractivity contribution >= 4 is 17.9 Å². The van der Waals surface area contributed by atoms with E-state index in [9.17, 15) is 19.5 Å². The van der Waals surface area contributed by atoms with Gasteiger partial charge >= 0.3 is 17.9 Å². The van der Waals surface area contributed by atoms with Crippen LogP contribution >= 0.6 is 0 Å². The third kappa shape index (κ3) is 4.69. The Kier molecular flexibility index (Phi) is 7.81. The summed E-state index contributed by atoms with van der Waals surface area (Å²) in [6, 6.07) is 0. The molecule has 4 aliphatic carbocycles. The van der Waals surface area contributed by atoms with E-state index >= 15 is 0 Å². The predicted octanol–water partition coefficient (Wildman–Crippen LogP) is 4.68. The summed E-state index contributed by atoms with van der Waals surface area (Å²) in [5.41, 5.74) is -0.248. The van der Waals surface area contributed by atoms with Crippen LogP contribution in [0.3, 0.4) is 0 Å². The Morgan fingerprint density at radius 2 is 1.67 bits per heavy atom. The van der Waals surface area contributed by atoms with E-state index in [-0.39, 0.29) is 64.6 Å². The van der Waals surface area contributed by atoms with Gasteiger partial charge in [-0.1, -0.05) is 20.8 Å². The van der Waals surface area contributed by atoms with Gasteiger partial charge in [0.05, 0.1) is 13.2 Å². The van der Waals surface area contributed by atoms with Crippen molar-refractivity contribution in [1.82, 2.24) is 0 Å². The molecule has 0 amide bonds. The molecular formula is C29H46O7. The SMILES string of the molecule is COC(=O)CC[C@H](C)[C@H]1CC[C@H]2[C@@H]3[C@@H](C[C@H](O)[C@]12C)[C@@]1(C)CC[C@@H](OC(C)=O)C[C@H]1C[C@H]3OC(C)=O. The highest BCUT2D eigenvalue weighted by molar-refractivity contribution is 5.69. The van der Waals surface area contributed by atoms with Crippen LogP contribution in [-0.4, -0.2) is 48.4 Å². The summed E-state index contributed by atoms with van der Waals surface area (Å²) in [4.78, 5) is 35.7. The molecule has 0 spiro atoms. The van der Waals surface area contributed by atoms with Crippen molar-refractivity contribution in [3.05, 3.63) is 0 Å². The van der Waals surface area contributed by atoms with Gasteiger partial charge in [0.25, 0.3) is 0 Å². The zero-order valence-electron chi connectivity index (χ0n) is 23.0. The number of aliphatic hydroxyl groups is 1. The summed E-state index contributed by atoms with van der Waals surface area (Å²) in [6.07, 6.45) is 6.59. The third-order valence-corrected chi connectivity index (χ3v) is 11.2. The quantitative estimate of drug-likeness (QED) is 0.412. The number of esters is 3. The van der Waals surface area contributed by atoms with Crippen molar-refractivity contribution < 1.29 is 33.7 Å². The molecule has 4 aliphatic rings. The van der Waals surface area contributed by atoms with E-state index in [1.54, 1.807) is 0 Å². The minimum absolute atomic E-state index is 0.0227. The maximum atomic E-state index is 12.2. The Morgan fingerprint density at radius 3 is 2.31 bits per heavy atom. The van der Waals surface area contributed by atoms with E-state index in [4.69, 9.17) is 14.2 Å². The van der Waals surface area contributed by atoms with Crippen molar-refractivity contribution in [3.8, 4) is 0 Å². The van der Waals surface area contributed by atoms with Gasteiger partial charge in [0, 0.05) is 26.2 Å². The molecule has 0 aromatic carbocycles. The second-order valence-corrected chi connectivity index (χ2v) is 12.8. The van der Waals surface area contributed by atoms with Crippen LogP contribution in [-0.2, 0) is 28.6 Å². The molecule has 1 N–H and O–H groups in total. The van der Waals surface area contributed by atoms with Crippen molar-refractivity contribution in [2.24, 2.45) is 46.3 Å². The second-order valence-electron chi connectivity index (χ2n) is 12.8. The fourth-order valence-corrected chi connectivity index (χ4v) is 9.42. The fourth-order valence-electron chi connectivity index (χ4n) is 9.42. The molecule has 0 aromatic rings. The van der Waals surface area contributed by atoms with Gasteiger partial charge in [-0.25, -0.2) is 0 Å². The molecular weight excluding hydrogens is 460 g/mol. The second kappa shape index (κ2) is 10.3. The van der Waals surface area contributed by atoms with Crippen molar-refractivity contribution in [2.45, 2.75) is 111 Å². The highest BCUT2D eigenvalue weighted by Crippen LogP contribution is 2.68. The first-order valence-electron chi connectivity index (χ1n) is 14.0. The van der Waals surface area contributed by atoms with Crippen LogP contribution in [0.4, 0.5) is 0 Å².